The number of aromatic nitrogens is 5. The summed E-state index contributed by atoms with van der Waals surface area (Å²) in [5.41, 5.74) is 0.102. The molecule has 3 fully saturated rings. The molecule has 32 heavy (non-hydrogen) atoms. The zero-order valence-electron chi connectivity index (χ0n) is 18.6. The number of rotatable bonds is 4. The Hall–Kier alpha value is -2.38. The molecule has 12 nitrogen and oxygen atoms in total. The van der Waals surface area contributed by atoms with Crippen LogP contribution in [0.5, 0.6) is 0 Å². The first-order valence-corrected chi connectivity index (χ1v) is 10.6. The minimum absolute atomic E-state index is 0.177. The molecule has 1 N–H and O–H groups in total. The molecular formula is C20H27N5O7. The van der Waals surface area contributed by atoms with E-state index in [0.717, 1.165) is 0 Å². The van der Waals surface area contributed by atoms with Gasteiger partial charge in [0.05, 0.1) is 19.3 Å². The molecule has 0 radical (unpaired) electrons. The molecule has 2 aromatic rings. The van der Waals surface area contributed by atoms with Gasteiger partial charge in [-0.15, -0.1) is 5.10 Å². The fraction of sp³-hybridized carbons (Fsp3) is 0.700. The molecule has 0 spiro atoms. The van der Waals surface area contributed by atoms with Crippen LogP contribution in [0.2, 0.25) is 0 Å². The van der Waals surface area contributed by atoms with E-state index in [1.807, 2.05) is 27.7 Å². The van der Waals surface area contributed by atoms with E-state index >= 15 is 0 Å². The molecule has 12 heteroatoms. The van der Waals surface area contributed by atoms with Crippen molar-refractivity contribution in [3.63, 3.8) is 0 Å². The number of hydrogen-bond donors (Lipinski definition) is 1. The smallest absolute Gasteiger partial charge is 0.328 e. The van der Waals surface area contributed by atoms with Crippen LogP contribution in [0, 0.1) is 6.92 Å². The fourth-order valence-electron chi connectivity index (χ4n) is 4.44. The van der Waals surface area contributed by atoms with Crippen LogP contribution in [0.15, 0.2) is 22.0 Å². The summed E-state index contributed by atoms with van der Waals surface area (Å²) in [5, 5.41) is 8.32. The summed E-state index contributed by atoms with van der Waals surface area (Å²) in [5.74, 6) is -1.56. The number of nitrogens with zero attached hydrogens (tertiary/aromatic N) is 4. The normalized spacial score (nSPS) is 32.6. The molecular weight excluding hydrogens is 422 g/mol. The molecule has 0 bridgehead atoms. The third-order valence-electron chi connectivity index (χ3n) is 5.73. The van der Waals surface area contributed by atoms with E-state index in [1.54, 1.807) is 17.8 Å². The van der Waals surface area contributed by atoms with E-state index in [1.165, 1.54) is 10.8 Å². The van der Waals surface area contributed by atoms with Gasteiger partial charge in [-0.3, -0.25) is 14.3 Å². The van der Waals surface area contributed by atoms with Crippen molar-refractivity contribution in [1.29, 1.82) is 0 Å². The molecule has 0 aliphatic carbocycles. The first kappa shape index (κ1) is 21.5. The van der Waals surface area contributed by atoms with Crippen LogP contribution in [0.25, 0.3) is 0 Å². The molecule has 0 unspecified atom stereocenters. The number of aromatic amines is 1. The van der Waals surface area contributed by atoms with Crippen LogP contribution in [0.3, 0.4) is 0 Å². The lowest BCUT2D eigenvalue weighted by molar-refractivity contribution is -0.236. The van der Waals surface area contributed by atoms with E-state index < -0.39 is 41.3 Å². The summed E-state index contributed by atoms with van der Waals surface area (Å²) in [6, 6.07) is 0. The highest BCUT2D eigenvalue weighted by molar-refractivity contribution is 5.04. The van der Waals surface area contributed by atoms with Gasteiger partial charge in [0.2, 0.25) is 0 Å². The van der Waals surface area contributed by atoms with Crippen molar-refractivity contribution in [2.45, 2.75) is 90.0 Å². The van der Waals surface area contributed by atoms with Gasteiger partial charge in [-0.1, -0.05) is 5.21 Å². The maximum Gasteiger partial charge on any atom is 0.328 e. The van der Waals surface area contributed by atoms with Crippen LogP contribution in [-0.4, -0.2) is 66.8 Å². The molecule has 5 heterocycles. The molecule has 0 saturated carbocycles. The summed E-state index contributed by atoms with van der Waals surface area (Å²) < 4.78 is 33.4. The third kappa shape index (κ3) is 3.92. The Bertz CT molecular complexity index is 1140. The molecule has 3 aliphatic heterocycles. The van der Waals surface area contributed by atoms with Gasteiger partial charge < -0.3 is 23.7 Å². The first-order valence-electron chi connectivity index (χ1n) is 10.6. The second kappa shape index (κ2) is 7.32. The lowest BCUT2D eigenvalue weighted by Gasteiger charge is -2.37. The van der Waals surface area contributed by atoms with Gasteiger partial charge in [0.1, 0.15) is 30.1 Å². The molecule has 0 amide bonds. The summed E-state index contributed by atoms with van der Waals surface area (Å²) in [7, 11) is 0. The lowest BCUT2D eigenvalue weighted by atomic mass is 9.99. The van der Waals surface area contributed by atoms with Gasteiger partial charge in [-0.2, -0.15) is 0 Å². The standard InChI is InChI=1S/C20H27N5O7/c1-10-6-24(18(27)21-16(10)26)7-11-8-25(23-22-11)9-12-13-14(30-19(2,3)29-13)15-17(28-12)32-20(4,5)31-15/h6,8,12-15,17H,7,9H2,1-5H3,(H,21,26,27)/t12-,13+,14+,15-,17-/m1/s1. The van der Waals surface area contributed by atoms with Gasteiger partial charge in [0, 0.05) is 11.8 Å². The van der Waals surface area contributed by atoms with Crippen LogP contribution in [0.1, 0.15) is 39.0 Å². The van der Waals surface area contributed by atoms with Gasteiger partial charge >= 0.3 is 5.69 Å². The number of fused-ring (bicyclic) bond motifs is 3. The van der Waals surface area contributed by atoms with E-state index in [4.69, 9.17) is 23.7 Å². The number of aryl methyl sites for hydroxylation is 1. The average Bonchev–Trinajstić information content (AvgIpc) is 3.34. The minimum atomic E-state index is -0.784. The summed E-state index contributed by atoms with van der Waals surface area (Å²) in [6.45, 7) is 9.55. The second-order valence-corrected chi connectivity index (χ2v) is 9.34. The van der Waals surface area contributed by atoms with E-state index in [2.05, 4.69) is 15.3 Å². The van der Waals surface area contributed by atoms with Crippen molar-refractivity contribution in [2.24, 2.45) is 0 Å². The Kier molecular flexibility index (Phi) is 4.91. The summed E-state index contributed by atoms with van der Waals surface area (Å²) >= 11 is 0. The van der Waals surface area contributed by atoms with Crippen LogP contribution < -0.4 is 11.2 Å². The first-order chi connectivity index (χ1) is 15.0. The topological polar surface area (TPSA) is 132 Å². The monoisotopic (exact) mass is 449 g/mol. The molecule has 2 aromatic heterocycles. The molecule has 174 valence electrons. The van der Waals surface area contributed by atoms with Crippen LogP contribution in [-0.2, 0) is 36.8 Å². The predicted molar refractivity (Wildman–Crippen MR) is 108 cm³/mol. The lowest BCUT2D eigenvalue weighted by Crippen LogP contribution is -2.56. The van der Waals surface area contributed by atoms with Crippen molar-refractivity contribution in [3.8, 4) is 0 Å². The number of nitrogens with one attached hydrogen (secondary N) is 1. The van der Waals surface area contributed by atoms with Crippen molar-refractivity contribution in [2.75, 3.05) is 0 Å². The van der Waals surface area contributed by atoms with Crippen LogP contribution in [0.4, 0.5) is 0 Å². The molecule has 5 rings (SSSR count). The fourth-order valence-corrected chi connectivity index (χ4v) is 4.44. The average molecular weight is 449 g/mol. The van der Waals surface area contributed by atoms with Crippen molar-refractivity contribution < 1.29 is 23.7 Å². The zero-order chi connectivity index (χ0) is 22.8. The maximum atomic E-state index is 12.0. The predicted octanol–water partition coefficient (Wildman–Crippen LogP) is -0.119. The van der Waals surface area contributed by atoms with Crippen molar-refractivity contribution >= 4 is 0 Å². The van der Waals surface area contributed by atoms with Gasteiger partial charge in [-0.05, 0) is 34.6 Å². The maximum absolute atomic E-state index is 12.0. The molecule has 3 saturated heterocycles. The van der Waals surface area contributed by atoms with E-state index in [0.29, 0.717) is 17.8 Å². The highest BCUT2D eigenvalue weighted by atomic mass is 16.9. The number of ether oxygens (including phenoxy) is 5. The minimum Gasteiger partial charge on any atom is -0.342 e. The van der Waals surface area contributed by atoms with E-state index in [-0.39, 0.29) is 18.8 Å². The quantitative estimate of drug-likeness (QED) is 0.678. The number of hydrogen-bond acceptors (Lipinski definition) is 9. The SMILES string of the molecule is Cc1cn(Cc2cn(C[C@H]3O[C@@H]4OC(C)(C)O[C@@H]4[C@H]4OC(C)(C)O[C@H]43)nn2)c(=O)[nH]c1=O. The van der Waals surface area contributed by atoms with Crippen molar-refractivity contribution in [1.82, 2.24) is 24.5 Å². The highest BCUT2D eigenvalue weighted by Crippen LogP contribution is 2.44. The van der Waals surface area contributed by atoms with E-state index in [9.17, 15) is 9.59 Å². The highest BCUT2D eigenvalue weighted by Gasteiger charge is 2.60. The molecule has 5 atom stereocenters. The zero-order valence-corrected chi connectivity index (χ0v) is 18.6. The van der Waals surface area contributed by atoms with Crippen LogP contribution >= 0.6 is 0 Å². The summed E-state index contributed by atoms with van der Waals surface area (Å²) in [4.78, 5) is 25.9. The van der Waals surface area contributed by atoms with Gasteiger partial charge in [0.25, 0.3) is 5.56 Å². The Morgan fingerprint density at radius 3 is 2.47 bits per heavy atom. The Balaban J connectivity index is 1.34. The Morgan fingerprint density at radius 2 is 1.69 bits per heavy atom. The van der Waals surface area contributed by atoms with Gasteiger partial charge in [0.15, 0.2) is 17.9 Å². The Morgan fingerprint density at radius 1 is 1.00 bits per heavy atom. The second-order valence-electron chi connectivity index (χ2n) is 9.34. The van der Waals surface area contributed by atoms with Gasteiger partial charge in [-0.25, -0.2) is 9.48 Å². The largest absolute Gasteiger partial charge is 0.342 e. The summed E-state index contributed by atoms with van der Waals surface area (Å²) in [6.07, 6.45) is 1.12. The van der Waals surface area contributed by atoms with Crippen molar-refractivity contribution in [3.05, 3.63) is 44.5 Å². The molecule has 0 aromatic carbocycles. The third-order valence-corrected chi connectivity index (χ3v) is 5.73. The number of H-pyrrole nitrogens is 1. The Labute approximate surface area is 183 Å². The molecule has 3 aliphatic rings.